The first-order valence-electron chi connectivity index (χ1n) is 8.63. The number of hydrogen-bond acceptors (Lipinski definition) is 5. The molecule has 1 saturated heterocycles. The zero-order valence-electron chi connectivity index (χ0n) is 14.0. The number of likely N-dealkylation sites (tertiary alicyclic amines) is 1. The number of piperidine rings is 1. The number of hydrazine groups is 1. The van der Waals surface area contributed by atoms with Gasteiger partial charge in [0.05, 0.1) is 18.0 Å². The molecular formula is C19H20BrN3O2. The zero-order chi connectivity index (χ0) is 17.0. The fourth-order valence-corrected chi connectivity index (χ4v) is 4.41. The van der Waals surface area contributed by atoms with Crippen molar-refractivity contribution in [1.82, 2.24) is 15.3 Å². The molecule has 6 heteroatoms. The van der Waals surface area contributed by atoms with Gasteiger partial charge >= 0.3 is 0 Å². The predicted octanol–water partition coefficient (Wildman–Crippen LogP) is 3.76. The van der Waals surface area contributed by atoms with E-state index in [2.05, 4.69) is 62.6 Å². The average Bonchev–Trinajstić information content (AvgIpc) is 3.28. The van der Waals surface area contributed by atoms with Crippen molar-refractivity contribution >= 4 is 21.6 Å². The summed E-state index contributed by atoms with van der Waals surface area (Å²) < 4.78 is 13.3. The van der Waals surface area contributed by atoms with Crippen molar-refractivity contribution in [2.24, 2.45) is 0 Å². The Labute approximate surface area is 155 Å². The van der Waals surface area contributed by atoms with Crippen molar-refractivity contribution in [2.45, 2.75) is 24.6 Å². The summed E-state index contributed by atoms with van der Waals surface area (Å²) in [4.78, 5) is 2.36. The summed E-state index contributed by atoms with van der Waals surface area (Å²) in [6.07, 6.45) is 5.87. The van der Waals surface area contributed by atoms with Gasteiger partial charge in [-0.25, -0.2) is 0 Å². The van der Waals surface area contributed by atoms with E-state index in [1.807, 2.05) is 12.1 Å². The van der Waals surface area contributed by atoms with Crippen molar-refractivity contribution < 1.29 is 9.15 Å². The third kappa shape index (κ3) is 2.43. The Morgan fingerprint density at radius 1 is 1.24 bits per heavy atom. The highest BCUT2D eigenvalue weighted by molar-refractivity contribution is 9.10. The topological polar surface area (TPSA) is 40.9 Å². The molecule has 25 heavy (non-hydrogen) atoms. The molecule has 0 radical (unpaired) electrons. The number of hydrogen-bond donors (Lipinski definition) is 1. The Hall–Kier alpha value is -1.76. The zero-order valence-corrected chi connectivity index (χ0v) is 15.6. The normalized spacial score (nSPS) is 25.0. The van der Waals surface area contributed by atoms with Crippen LogP contribution in [0.5, 0.6) is 5.75 Å². The summed E-state index contributed by atoms with van der Waals surface area (Å²) in [6, 6.07) is 10.3. The lowest BCUT2D eigenvalue weighted by Gasteiger charge is -2.51. The van der Waals surface area contributed by atoms with Crippen LogP contribution in [-0.4, -0.2) is 35.8 Å². The van der Waals surface area contributed by atoms with Gasteiger partial charge < -0.3 is 19.5 Å². The molecule has 5 nitrogen and oxygen atoms in total. The SMILES string of the molecule is CN1CCC2(CC1)Oc1ccc(Br)cc1C1C=C(c3ccco3)NN12. The van der Waals surface area contributed by atoms with E-state index in [4.69, 9.17) is 9.15 Å². The highest BCUT2D eigenvalue weighted by Crippen LogP contribution is 2.48. The second kappa shape index (κ2) is 5.62. The van der Waals surface area contributed by atoms with Crippen LogP contribution in [0.4, 0.5) is 0 Å². The maximum Gasteiger partial charge on any atom is 0.182 e. The minimum Gasteiger partial charge on any atom is -0.470 e. The van der Waals surface area contributed by atoms with Gasteiger partial charge in [-0.1, -0.05) is 15.9 Å². The number of halogens is 1. The molecule has 5 rings (SSSR count). The molecule has 1 unspecified atom stereocenters. The first kappa shape index (κ1) is 15.5. The molecule has 0 amide bonds. The summed E-state index contributed by atoms with van der Waals surface area (Å²) >= 11 is 3.60. The minimum atomic E-state index is -0.331. The van der Waals surface area contributed by atoms with Crippen molar-refractivity contribution in [3.63, 3.8) is 0 Å². The van der Waals surface area contributed by atoms with Crippen LogP contribution >= 0.6 is 15.9 Å². The summed E-state index contributed by atoms with van der Waals surface area (Å²) in [6.45, 7) is 2.04. The van der Waals surface area contributed by atoms with Crippen molar-refractivity contribution in [1.29, 1.82) is 0 Å². The van der Waals surface area contributed by atoms with E-state index >= 15 is 0 Å². The van der Waals surface area contributed by atoms with Crippen LogP contribution in [0.25, 0.3) is 5.70 Å². The molecule has 0 saturated carbocycles. The van der Waals surface area contributed by atoms with E-state index in [-0.39, 0.29) is 11.8 Å². The Balaban J connectivity index is 1.60. The molecule has 2 aromatic rings. The lowest BCUT2D eigenvalue weighted by molar-refractivity contribution is -0.157. The quantitative estimate of drug-likeness (QED) is 0.787. The van der Waals surface area contributed by atoms with E-state index in [1.54, 1.807) is 6.26 Å². The van der Waals surface area contributed by atoms with Gasteiger partial charge in [-0.15, -0.1) is 0 Å². The van der Waals surface area contributed by atoms with E-state index < -0.39 is 0 Å². The maximum atomic E-state index is 6.60. The van der Waals surface area contributed by atoms with E-state index in [0.717, 1.165) is 47.6 Å². The van der Waals surface area contributed by atoms with Crippen molar-refractivity contribution in [3.8, 4) is 5.75 Å². The smallest absolute Gasteiger partial charge is 0.182 e. The van der Waals surface area contributed by atoms with Crippen molar-refractivity contribution in [2.75, 3.05) is 20.1 Å². The second-order valence-corrected chi connectivity index (χ2v) is 7.93. The molecule has 130 valence electrons. The fraction of sp³-hybridized carbons (Fsp3) is 0.368. The minimum absolute atomic E-state index is 0.129. The Morgan fingerprint density at radius 3 is 2.84 bits per heavy atom. The first-order valence-corrected chi connectivity index (χ1v) is 9.43. The van der Waals surface area contributed by atoms with Crippen molar-refractivity contribution in [3.05, 3.63) is 58.5 Å². The molecule has 1 atom stereocenters. The van der Waals surface area contributed by atoms with Gasteiger partial charge in [0.1, 0.15) is 5.75 Å². The number of nitrogens with one attached hydrogen (secondary N) is 1. The number of ether oxygens (including phenoxy) is 1. The van der Waals surface area contributed by atoms with Crippen LogP contribution in [-0.2, 0) is 0 Å². The molecule has 1 fully saturated rings. The monoisotopic (exact) mass is 401 g/mol. The standard InChI is InChI=1S/C19H20BrN3O2/c1-22-8-6-19(7-9-22)23-16(12-15(21-23)18-3-2-10-24-18)14-11-13(20)4-5-17(14)25-19/h2-5,10-12,16,21H,6-9H2,1H3. The number of fused-ring (bicyclic) bond motifs is 4. The van der Waals surface area contributed by atoms with Gasteiger partial charge in [-0.05, 0) is 43.5 Å². The molecule has 1 aromatic carbocycles. The van der Waals surface area contributed by atoms with Crippen LogP contribution in [0.15, 0.2) is 51.6 Å². The Bertz CT molecular complexity index is 825. The van der Waals surface area contributed by atoms with Gasteiger partial charge in [-0.3, -0.25) is 0 Å². The average molecular weight is 402 g/mol. The molecular weight excluding hydrogens is 382 g/mol. The first-order chi connectivity index (χ1) is 12.1. The summed E-state index contributed by atoms with van der Waals surface area (Å²) in [5, 5.41) is 2.28. The van der Waals surface area contributed by atoms with Gasteiger partial charge in [-0.2, -0.15) is 5.01 Å². The third-order valence-electron chi connectivity index (χ3n) is 5.43. The van der Waals surface area contributed by atoms with Crippen LogP contribution < -0.4 is 10.2 Å². The molecule has 0 bridgehead atoms. The number of furan rings is 1. The highest BCUT2D eigenvalue weighted by Gasteiger charge is 2.51. The van der Waals surface area contributed by atoms with Crippen LogP contribution in [0.2, 0.25) is 0 Å². The van der Waals surface area contributed by atoms with E-state index in [0.29, 0.717) is 0 Å². The highest BCUT2D eigenvalue weighted by atomic mass is 79.9. The molecule has 1 aromatic heterocycles. The number of nitrogens with zero attached hydrogens (tertiary/aromatic N) is 2. The molecule has 1 spiro atoms. The molecule has 3 aliphatic rings. The van der Waals surface area contributed by atoms with Crippen LogP contribution in [0.3, 0.4) is 0 Å². The maximum absolute atomic E-state index is 6.60. The van der Waals surface area contributed by atoms with E-state index in [9.17, 15) is 0 Å². The summed E-state index contributed by atoms with van der Waals surface area (Å²) in [5.74, 6) is 1.83. The van der Waals surface area contributed by atoms with Crippen LogP contribution in [0, 0.1) is 0 Å². The van der Waals surface area contributed by atoms with Gasteiger partial charge in [0.2, 0.25) is 0 Å². The Kier molecular flexibility index (Phi) is 3.48. The Morgan fingerprint density at radius 2 is 2.08 bits per heavy atom. The summed E-state index contributed by atoms with van der Waals surface area (Å²) in [7, 11) is 2.17. The fourth-order valence-electron chi connectivity index (χ4n) is 4.03. The number of rotatable bonds is 1. The third-order valence-corrected chi connectivity index (χ3v) is 5.92. The molecule has 1 N–H and O–H groups in total. The summed E-state index contributed by atoms with van der Waals surface area (Å²) in [5.41, 5.74) is 5.42. The predicted molar refractivity (Wildman–Crippen MR) is 98.6 cm³/mol. The molecule has 0 aliphatic carbocycles. The van der Waals surface area contributed by atoms with Crippen LogP contribution in [0.1, 0.15) is 30.2 Å². The largest absolute Gasteiger partial charge is 0.470 e. The van der Waals surface area contributed by atoms with Gasteiger partial charge in [0, 0.05) is 36.0 Å². The number of benzene rings is 1. The lowest BCUT2D eigenvalue weighted by Crippen LogP contribution is -2.63. The van der Waals surface area contributed by atoms with Gasteiger partial charge in [0.15, 0.2) is 11.5 Å². The second-order valence-electron chi connectivity index (χ2n) is 7.02. The van der Waals surface area contributed by atoms with E-state index in [1.165, 1.54) is 5.56 Å². The van der Waals surface area contributed by atoms with Gasteiger partial charge in [0.25, 0.3) is 0 Å². The molecule has 3 aliphatic heterocycles. The molecule has 4 heterocycles. The lowest BCUT2D eigenvalue weighted by atomic mass is 9.93.